The van der Waals surface area contributed by atoms with Crippen molar-refractivity contribution in [2.75, 3.05) is 7.11 Å². The van der Waals surface area contributed by atoms with Gasteiger partial charge >= 0.3 is 5.69 Å². The van der Waals surface area contributed by atoms with E-state index in [-0.39, 0.29) is 20.7 Å². The minimum atomic E-state index is -0.530. The zero-order chi connectivity index (χ0) is 28.4. The van der Waals surface area contributed by atoms with Crippen molar-refractivity contribution < 1.29 is 19.2 Å². The number of amides is 2. The number of nitrogens with one attached hydrogen (secondary N) is 1. The molecule has 1 aliphatic heterocycles. The number of hydrogen-bond acceptors (Lipinski definition) is 8. The lowest BCUT2D eigenvalue weighted by molar-refractivity contribution is -0.385. The predicted octanol–water partition coefficient (Wildman–Crippen LogP) is 5.31. The van der Waals surface area contributed by atoms with Gasteiger partial charge in [0.2, 0.25) is 0 Å². The number of nitro groups is 1. The second-order valence-corrected chi connectivity index (χ2v) is 10.4. The lowest BCUT2D eigenvalue weighted by Crippen LogP contribution is -2.44. The molecule has 1 aliphatic rings. The Kier molecular flexibility index (Phi) is 7.45. The van der Waals surface area contributed by atoms with Gasteiger partial charge in [0.15, 0.2) is 10.1 Å². The Bertz CT molecular complexity index is 1680. The summed E-state index contributed by atoms with van der Waals surface area (Å²) in [7, 11) is 1.36. The lowest BCUT2D eigenvalue weighted by Gasteiger charge is -2.15. The molecule has 4 aromatic rings. The summed E-state index contributed by atoms with van der Waals surface area (Å²) in [6, 6.07) is 20.8. The first-order valence-corrected chi connectivity index (χ1v) is 13.1. The Balaban J connectivity index is 1.52. The van der Waals surface area contributed by atoms with Crippen molar-refractivity contribution in [3.63, 3.8) is 0 Å². The molecule has 0 aliphatic carbocycles. The number of ether oxygens (including phenoxy) is 1. The molecular formula is C28H21N5O5S2. The molecule has 12 heteroatoms. The number of para-hydroxylation sites is 1. The average Bonchev–Trinajstić information content (AvgIpc) is 3.49. The van der Waals surface area contributed by atoms with E-state index in [1.165, 1.54) is 19.2 Å². The van der Waals surface area contributed by atoms with Gasteiger partial charge in [-0.2, -0.15) is 10.1 Å². The van der Waals surface area contributed by atoms with Crippen LogP contribution in [0.1, 0.15) is 21.5 Å². The molecule has 0 radical (unpaired) electrons. The molecule has 3 aromatic carbocycles. The highest BCUT2D eigenvalue weighted by molar-refractivity contribution is 8.26. The molecule has 1 fully saturated rings. The van der Waals surface area contributed by atoms with Gasteiger partial charge in [0, 0.05) is 29.0 Å². The summed E-state index contributed by atoms with van der Waals surface area (Å²) in [5.74, 6) is -0.863. The Morgan fingerprint density at radius 2 is 1.85 bits per heavy atom. The number of carbonyl (C=O) groups excluding carboxylic acids is 2. The molecule has 0 saturated carbocycles. The maximum atomic E-state index is 13.3. The summed E-state index contributed by atoms with van der Waals surface area (Å²) in [6.07, 6.45) is 3.33. The molecule has 1 N–H and O–H groups in total. The van der Waals surface area contributed by atoms with Gasteiger partial charge in [-0.25, -0.2) is 4.68 Å². The zero-order valence-electron chi connectivity index (χ0n) is 21.2. The second kappa shape index (κ2) is 11.1. The van der Waals surface area contributed by atoms with Gasteiger partial charge in [-0.1, -0.05) is 47.7 Å². The van der Waals surface area contributed by atoms with Crippen LogP contribution in [0.2, 0.25) is 0 Å². The van der Waals surface area contributed by atoms with E-state index in [1.807, 2.05) is 37.3 Å². The zero-order valence-corrected chi connectivity index (χ0v) is 22.9. The minimum Gasteiger partial charge on any atom is -0.490 e. The standard InChI is InChI=1S/C28H21N5O5S2/c1-17-8-10-18(11-9-17)26(34)30-32-27(35)24(40-28(32)39)15-20-16-31(21-6-4-3-5-7-21)29-25(20)19-12-13-23(38-2)22(14-19)33(36)37/h3-16H,1-2H3,(H,30,34)/b24-15-. The van der Waals surface area contributed by atoms with Crippen molar-refractivity contribution in [1.82, 2.24) is 20.2 Å². The highest BCUT2D eigenvalue weighted by Crippen LogP contribution is 2.36. The first-order chi connectivity index (χ1) is 19.2. The third kappa shape index (κ3) is 5.35. The molecule has 0 atom stereocenters. The largest absolute Gasteiger partial charge is 0.490 e. The SMILES string of the molecule is COc1ccc(-c2nn(-c3ccccc3)cc2/C=C2\SC(=S)N(NC(=O)c3ccc(C)cc3)C2=O)cc1[N+](=O)[O-]. The quantitative estimate of drug-likeness (QED) is 0.137. The van der Waals surface area contributed by atoms with Gasteiger partial charge in [0.05, 0.1) is 22.6 Å². The fourth-order valence-electron chi connectivity index (χ4n) is 3.99. The fraction of sp³-hybridized carbons (Fsp3) is 0.0714. The maximum absolute atomic E-state index is 13.3. The third-order valence-electron chi connectivity index (χ3n) is 6.02. The van der Waals surface area contributed by atoms with Gasteiger partial charge < -0.3 is 4.74 Å². The summed E-state index contributed by atoms with van der Waals surface area (Å²) >= 11 is 6.41. The number of thiocarbonyl (C=S) groups is 1. The van der Waals surface area contributed by atoms with Crippen LogP contribution in [-0.2, 0) is 4.79 Å². The molecule has 200 valence electrons. The number of carbonyl (C=O) groups is 2. The normalized spacial score (nSPS) is 14.1. The molecule has 5 rings (SSSR count). The number of nitro benzene ring substituents is 1. The fourth-order valence-corrected chi connectivity index (χ4v) is 5.16. The smallest absolute Gasteiger partial charge is 0.311 e. The number of benzene rings is 3. The van der Waals surface area contributed by atoms with Crippen LogP contribution in [0.5, 0.6) is 5.75 Å². The Morgan fingerprint density at radius 1 is 1.12 bits per heavy atom. The van der Waals surface area contributed by atoms with E-state index >= 15 is 0 Å². The van der Waals surface area contributed by atoms with Crippen LogP contribution in [0.3, 0.4) is 0 Å². The van der Waals surface area contributed by atoms with E-state index in [0.717, 1.165) is 28.0 Å². The topological polar surface area (TPSA) is 120 Å². The van der Waals surface area contributed by atoms with Crippen LogP contribution < -0.4 is 10.2 Å². The van der Waals surface area contributed by atoms with Gasteiger partial charge in [-0.05, 0) is 61.6 Å². The van der Waals surface area contributed by atoms with Crippen LogP contribution in [0.15, 0.2) is 83.9 Å². The molecule has 2 heterocycles. The average molecular weight is 572 g/mol. The van der Waals surface area contributed by atoms with E-state index in [1.54, 1.807) is 47.3 Å². The van der Waals surface area contributed by atoms with Crippen molar-refractivity contribution in [1.29, 1.82) is 0 Å². The van der Waals surface area contributed by atoms with E-state index in [4.69, 9.17) is 17.0 Å². The molecule has 0 spiro atoms. The van der Waals surface area contributed by atoms with Gasteiger partial charge in [-0.15, -0.1) is 0 Å². The van der Waals surface area contributed by atoms with Gasteiger partial charge in [0.25, 0.3) is 11.8 Å². The number of aromatic nitrogens is 2. The van der Waals surface area contributed by atoms with Crippen LogP contribution in [0.4, 0.5) is 5.69 Å². The Morgan fingerprint density at radius 3 is 2.52 bits per heavy atom. The predicted molar refractivity (Wildman–Crippen MR) is 156 cm³/mol. The number of hydrazine groups is 1. The summed E-state index contributed by atoms with van der Waals surface area (Å²) in [5.41, 5.74) is 5.88. The highest BCUT2D eigenvalue weighted by Gasteiger charge is 2.34. The highest BCUT2D eigenvalue weighted by atomic mass is 32.2. The summed E-state index contributed by atoms with van der Waals surface area (Å²) in [4.78, 5) is 37.4. The minimum absolute atomic E-state index is 0.114. The Labute approximate surface area is 238 Å². The number of aryl methyl sites for hydroxylation is 1. The molecule has 10 nitrogen and oxygen atoms in total. The first-order valence-electron chi connectivity index (χ1n) is 11.9. The lowest BCUT2D eigenvalue weighted by atomic mass is 10.1. The monoisotopic (exact) mass is 571 g/mol. The molecule has 0 bridgehead atoms. The van der Waals surface area contributed by atoms with E-state index < -0.39 is 16.7 Å². The molecule has 1 aromatic heterocycles. The molecule has 40 heavy (non-hydrogen) atoms. The van der Waals surface area contributed by atoms with Gasteiger partial charge in [0.1, 0.15) is 5.69 Å². The van der Waals surface area contributed by atoms with Crippen LogP contribution in [0.25, 0.3) is 23.0 Å². The van der Waals surface area contributed by atoms with Crippen molar-refractivity contribution in [3.8, 4) is 22.7 Å². The summed E-state index contributed by atoms with van der Waals surface area (Å²) < 4.78 is 6.92. The first kappa shape index (κ1) is 26.8. The number of hydrogen-bond donors (Lipinski definition) is 1. The second-order valence-electron chi connectivity index (χ2n) is 8.68. The summed E-state index contributed by atoms with van der Waals surface area (Å²) in [6.45, 7) is 1.91. The Hall–Kier alpha value is -4.81. The van der Waals surface area contributed by atoms with Gasteiger partial charge in [-0.3, -0.25) is 25.1 Å². The van der Waals surface area contributed by atoms with Crippen molar-refractivity contribution in [2.45, 2.75) is 6.92 Å². The van der Waals surface area contributed by atoms with Crippen molar-refractivity contribution >= 4 is 51.9 Å². The van der Waals surface area contributed by atoms with Crippen molar-refractivity contribution in [3.05, 3.63) is 111 Å². The van der Waals surface area contributed by atoms with Crippen LogP contribution in [-0.4, -0.2) is 43.0 Å². The summed E-state index contributed by atoms with van der Waals surface area (Å²) in [5, 5.41) is 17.4. The number of thioether (sulfide) groups is 1. The number of nitrogens with zero attached hydrogens (tertiary/aromatic N) is 4. The van der Waals surface area contributed by atoms with Crippen molar-refractivity contribution in [2.24, 2.45) is 0 Å². The van der Waals surface area contributed by atoms with Crippen LogP contribution >= 0.6 is 24.0 Å². The molecular weight excluding hydrogens is 550 g/mol. The number of rotatable bonds is 7. The van der Waals surface area contributed by atoms with E-state index in [2.05, 4.69) is 10.5 Å². The third-order valence-corrected chi connectivity index (χ3v) is 7.32. The molecule has 0 unspecified atom stereocenters. The maximum Gasteiger partial charge on any atom is 0.311 e. The van der Waals surface area contributed by atoms with E-state index in [0.29, 0.717) is 22.4 Å². The van der Waals surface area contributed by atoms with E-state index in [9.17, 15) is 19.7 Å². The molecule has 1 saturated heterocycles. The molecule has 2 amide bonds. The van der Waals surface area contributed by atoms with Crippen LogP contribution in [0, 0.1) is 17.0 Å². The number of methoxy groups -OCH3 is 1.